The lowest BCUT2D eigenvalue weighted by Crippen LogP contribution is -2.30. The molecule has 3 aromatic carbocycles. The zero-order valence-electron chi connectivity index (χ0n) is 18.4. The molecular weight excluding hydrogens is 515 g/mol. The highest BCUT2D eigenvalue weighted by atomic mass is 35.5. The standard InChI is InChI=1S/C23H16Cl2N4O7/c1-36-21-8-5-14(11-20(21)29(34)35)22(30)27-19(10-13-3-2-4-16(9-13)28(32)33)23(31)26-18-7-6-15(24)12-17(18)25/h2-12H,1H3,(H,26,31)(H,27,30)/b19-10-. The summed E-state index contributed by atoms with van der Waals surface area (Å²) in [5.74, 6) is -1.73. The largest absolute Gasteiger partial charge is 0.490 e. The summed E-state index contributed by atoms with van der Waals surface area (Å²) < 4.78 is 4.93. The van der Waals surface area contributed by atoms with E-state index in [2.05, 4.69) is 10.6 Å². The van der Waals surface area contributed by atoms with Gasteiger partial charge in [-0.15, -0.1) is 0 Å². The Morgan fingerprint density at radius 2 is 1.72 bits per heavy atom. The summed E-state index contributed by atoms with van der Waals surface area (Å²) in [4.78, 5) is 47.1. The summed E-state index contributed by atoms with van der Waals surface area (Å²) in [5, 5.41) is 27.8. The first-order chi connectivity index (χ1) is 17.1. The van der Waals surface area contributed by atoms with Crippen LogP contribution in [0.3, 0.4) is 0 Å². The first-order valence-electron chi connectivity index (χ1n) is 9.95. The number of amides is 2. The Hall–Kier alpha value is -4.48. The number of hydrogen-bond donors (Lipinski definition) is 2. The lowest BCUT2D eigenvalue weighted by atomic mass is 10.1. The van der Waals surface area contributed by atoms with Crippen molar-refractivity contribution in [1.29, 1.82) is 0 Å². The van der Waals surface area contributed by atoms with Gasteiger partial charge in [-0.1, -0.05) is 35.3 Å². The number of nitro groups is 2. The number of benzene rings is 3. The van der Waals surface area contributed by atoms with Gasteiger partial charge < -0.3 is 15.4 Å². The first-order valence-corrected chi connectivity index (χ1v) is 10.7. The third-order valence-corrected chi connectivity index (χ3v) is 5.25. The number of nitrogens with one attached hydrogen (secondary N) is 2. The second-order valence-electron chi connectivity index (χ2n) is 7.09. The van der Waals surface area contributed by atoms with Crippen LogP contribution >= 0.6 is 23.2 Å². The van der Waals surface area contributed by atoms with Crippen molar-refractivity contribution in [3.63, 3.8) is 0 Å². The van der Waals surface area contributed by atoms with E-state index in [9.17, 15) is 29.8 Å². The van der Waals surface area contributed by atoms with Crippen LogP contribution in [0.25, 0.3) is 6.08 Å². The molecule has 3 rings (SSSR count). The van der Waals surface area contributed by atoms with Crippen molar-refractivity contribution in [1.82, 2.24) is 5.32 Å². The number of nitro benzene ring substituents is 2. The SMILES string of the molecule is COc1ccc(C(=O)N/C(=C\c2cccc([N+](=O)[O-])c2)C(=O)Nc2ccc(Cl)cc2Cl)cc1[N+](=O)[O-]. The molecular formula is C23H16Cl2N4O7. The van der Waals surface area contributed by atoms with Gasteiger partial charge in [0.2, 0.25) is 0 Å². The van der Waals surface area contributed by atoms with Gasteiger partial charge in [0, 0.05) is 28.8 Å². The zero-order chi connectivity index (χ0) is 26.4. The van der Waals surface area contributed by atoms with E-state index in [-0.39, 0.29) is 39.0 Å². The van der Waals surface area contributed by atoms with Crippen molar-refractivity contribution in [2.75, 3.05) is 12.4 Å². The highest BCUT2D eigenvalue weighted by Gasteiger charge is 2.21. The molecule has 0 aliphatic rings. The van der Waals surface area contributed by atoms with Crippen molar-refractivity contribution >= 4 is 58.2 Å². The minimum atomic E-state index is -0.852. The summed E-state index contributed by atoms with van der Waals surface area (Å²) in [6, 6.07) is 13.2. The monoisotopic (exact) mass is 530 g/mol. The number of rotatable bonds is 8. The molecule has 2 amide bonds. The fourth-order valence-electron chi connectivity index (χ4n) is 3.00. The van der Waals surface area contributed by atoms with Gasteiger partial charge in [-0.2, -0.15) is 0 Å². The molecule has 3 aromatic rings. The van der Waals surface area contributed by atoms with Gasteiger partial charge in [0.05, 0.1) is 27.7 Å². The van der Waals surface area contributed by atoms with Gasteiger partial charge in [0.15, 0.2) is 5.75 Å². The van der Waals surface area contributed by atoms with Gasteiger partial charge in [-0.05, 0) is 42.0 Å². The molecule has 184 valence electrons. The molecule has 11 nitrogen and oxygen atoms in total. The maximum atomic E-state index is 13.1. The van der Waals surface area contributed by atoms with Gasteiger partial charge in [0.1, 0.15) is 5.70 Å². The van der Waals surface area contributed by atoms with E-state index in [1.165, 1.54) is 67.8 Å². The Bertz CT molecular complexity index is 1410. The van der Waals surface area contributed by atoms with Crippen molar-refractivity contribution < 1.29 is 24.2 Å². The van der Waals surface area contributed by atoms with Crippen molar-refractivity contribution in [3.05, 3.63) is 108 Å². The highest BCUT2D eigenvalue weighted by molar-refractivity contribution is 6.36. The number of carbonyl (C=O) groups is 2. The molecule has 0 aliphatic heterocycles. The second kappa shape index (κ2) is 11.3. The number of methoxy groups -OCH3 is 1. The molecule has 0 atom stereocenters. The predicted octanol–water partition coefficient (Wildman–Crippen LogP) is 5.23. The molecule has 2 N–H and O–H groups in total. The molecule has 0 aliphatic carbocycles. The van der Waals surface area contributed by atoms with Gasteiger partial charge in [0.25, 0.3) is 17.5 Å². The molecule has 0 saturated heterocycles. The van der Waals surface area contributed by atoms with Crippen molar-refractivity contribution in [3.8, 4) is 5.75 Å². The molecule has 0 spiro atoms. The Balaban J connectivity index is 1.99. The number of non-ortho nitro benzene ring substituents is 1. The van der Waals surface area contributed by atoms with Gasteiger partial charge in [-0.25, -0.2) is 0 Å². The lowest BCUT2D eigenvalue weighted by Gasteiger charge is -2.13. The number of ether oxygens (including phenoxy) is 1. The third-order valence-electron chi connectivity index (χ3n) is 4.70. The molecule has 0 unspecified atom stereocenters. The van der Waals surface area contributed by atoms with E-state index in [4.69, 9.17) is 27.9 Å². The summed E-state index contributed by atoms with van der Waals surface area (Å²) in [6.07, 6.45) is 1.21. The van der Waals surface area contributed by atoms with E-state index in [1.54, 1.807) is 0 Å². The number of anilines is 1. The number of hydrogen-bond acceptors (Lipinski definition) is 7. The maximum absolute atomic E-state index is 13.1. The Morgan fingerprint density at radius 1 is 0.972 bits per heavy atom. The fraction of sp³-hybridized carbons (Fsp3) is 0.0435. The lowest BCUT2D eigenvalue weighted by molar-refractivity contribution is -0.385. The Kier molecular flexibility index (Phi) is 8.20. The summed E-state index contributed by atoms with van der Waals surface area (Å²) in [7, 11) is 1.24. The molecule has 0 heterocycles. The van der Waals surface area contributed by atoms with E-state index in [0.29, 0.717) is 5.02 Å². The molecule has 0 radical (unpaired) electrons. The topological polar surface area (TPSA) is 154 Å². The minimum Gasteiger partial charge on any atom is -0.490 e. The normalized spacial score (nSPS) is 10.9. The van der Waals surface area contributed by atoms with Crippen LogP contribution in [0.2, 0.25) is 10.0 Å². The van der Waals surface area contributed by atoms with Crippen LogP contribution in [-0.4, -0.2) is 28.8 Å². The molecule has 0 bridgehead atoms. The van der Waals surface area contributed by atoms with E-state index in [0.717, 1.165) is 6.07 Å². The number of nitrogens with zero attached hydrogens (tertiary/aromatic N) is 2. The summed E-state index contributed by atoms with van der Waals surface area (Å²) in [6.45, 7) is 0. The Labute approximate surface area is 213 Å². The number of halogens is 2. The van der Waals surface area contributed by atoms with Crippen LogP contribution in [0.4, 0.5) is 17.1 Å². The molecule has 0 fully saturated rings. The smallest absolute Gasteiger partial charge is 0.311 e. The van der Waals surface area contributed by atoms with Crippen LogP contribution in [-0.2, 0) is 4.79 Å². The van der Waals surface area contributed by atoms with Crippen molar-refractivity contribution in [2.45, 2.75) is 0 Å². The van der Waals surface area contributed by atoms with Crippen LogP contribution in [0.1, 0.15) is 15.9 Å². The number of carbonyl (C=O) groups excluding carboxylic acids is 2. The van der Waals surface area contributed by atoms with Gasteiger partial charge in [-0.3, -0.25) is 29.8 Å². The fourth-order valence-corrected chi connectivity index (χ4v) is 3.46. The Morgan fingerprint density at radius 3 is 2.36 bits per heavy atom. The predicted molar refractivity (Wildman–Crippen MR) is 133 cm³/mol. The quantitative estimate of drug-likeness (QED) is 0.229. The average Bonchev–Trinajstić information content (AvgIpc) is 2.84. The van der Waals surface area contributed by atoms with Crippen LogP contribution in [0, 0.1) is 20.2 Å². The first kappa shape index (κ1) is 26.1. The summed E-state index contributed by atoms with van der Waals surface area (Å²) >= 11 is 12.0. The zero-order valence-corrected chi connectivity index (χ0v) is 19.9. The van der Waals surface area contributed by atoms with E-state index < -0.39 is 27.3 Å². The van der Waals surface area contributed by atoms with Crippen LogP contribution in [0.5, 0.6) is 5.75 Å². The molecule has 36 heavy (non-hydrogen) atoms. The van der Waals surface area contributed by atoms with E-state index >= 15 is 0 Å². The summed E-state index contributed by atoms with van der Waals surface area (Å²) in [5.41, 5.74) is -0.717. The maximum Gasteiger partial charge on any atom is 0.311 e. The third kappa shape index (κ3) is 6.34. The van der Waals surface area contributed by atoms with Crippen LogP contribution in [0.15, 0.2) is 66.4 Å². The molecule has 0 aromatic heterocycles. The van der Waals surface area contributed by atoms with Gasteiger partial charge >= 0.3 is 5.69 Å². The average molecular weight is 531 g/mol. The molecule has 0 saturated carbocycles. The highest BCUT2D eigenvalue weighted by Crippen LogP contribution is 2.28. The second-order valence-corrected chi connectivity index (χ2v) is 7.93. The van der Waals surface area contributed by atoms with E-state index in [1.807, 2.05) is 0 Å². The minimum absolute atomic E-state index is 0.0565. The van der Waals surface area contributed by atoms with Crippen molar-refractivity contribution in [2.24, 2.45) is 0 Å². The van der Waals surface area contributed by atoms with Crippen LogP contribution < -0.4 is 15.4 Å². The molecule has 13 heteroatoms.